The molecule has 2 aromatic rings. The number of H-pyrrole nitrogens is 1. The molecule has 0 atom stereocenters. The van der Waals surface area contributed by atoms with E-state index in [0.29, 0.717) is 5.56 Å². The summed E-state index contributed by atoms with van der Waals surface area (Å²) in [7, 11) is 0. The molecule has 20 heavy (non-hydrogen) atoms. The summed E-state index contributed by atoms with van der Waals surface area (Å²) in [6.07, 6.45) is 5.29. The number of carbonyl (C=O) groups is 1. The van der Waals surface area contributed by atoms with E-state index in [-0.39, 0.29) is 5.91 Å². The summed E-state index contributed by atoms with van der Waals surface area (Å²) >= 11 is 0. The molecule has 1 amide bonds. The maximum Gasteiger partial charge on any atom is 0.251 e. The van der Waals surface area contributed by atoms with Crippen LogP contribution in [0.4, 0.5) is 0 Å². The second-order valence-corrected chi connectivity index (χ2v) is 5.29. The Kier molecular flexibility index (Phi) is 3.97. The number of fused-ring (bicyclic) bond motifs is 1. The van der Waals surface area contributed by atoms with Crippen LogP contribution in [0, 0.1) is 0 Å². The largest absolute Gasteiger partial charge is 0.352 e. The second kappa shape index (κ2) is 6.05. The predicted molar refractivity (Wildman–Crippen MR) is 78.7 cm³/mol. The SMILES string of the molecule is O=C(NCCCN1CCCC1)c1ccc2nc[nH]c2c1. The maximum absolute atomic E-state index is 12.0. The topological polar surface area (TPSA) is 61.0 Å². The molecule has 0 radical (unpaired) electrons. The lowest BCUT2D eigenvalue weighted by Crippen LogP contribution is -2.28. The van der Waals surface area contributed by atoms with Gasteiger partial charge in [0.25, 0.3) is 5.91 Å². The molecule has 0 unspecified atom stereocenters. The number of imidazole rings is 1. The van der Waals surface area contributed by atoms with Crippen LogP contribution >= 0.6 is 0 Å². The van der Waals surface area contributed by atoms with Crippen molar-refractivity contribution in [2.45, 2.75) is 19.3 Å². The normalized spacial score (nSPS) is 15.8. The number of aromatic amines is 1. The first kappa shape index (κ1) is 13.1. The first-order valence-electron chi connectivity index (χ1n) is 7.26. The van der Waals surface area contributed by atoms with Gasteiger partial charge in [-0.15, -0.1) is 0 Å². The quantitative estimate of drug-likeness (QED) is 0.816. The van der Waals surface area contributed by atoms with Crippen molar-refractivity contribution in [3.63, 3.8) is 0 Å². The fraction of sp³-hybridized carbons (Fsp3) is 0.467. The Balaban J connectivity index is 1.48. The van der Waals surface area contributed by atoms with Crippen LogP contribution in [-0.4, -0.2) is 47.0 Å². The Morgan fingerprint density at radius 3 is 3.05 bits per heavy atom. The lowest BCUT2D eigenvalue weighted by atomic mass is 10.2. The molecule has 0 aliphatic carbocycles. The van der Waals surface area contributed by atoms with Crippen molar-refractivity contribution in [2.24, 2.45) is 0 Å². The molecule has 3 rings (SSSR count). The van der Waals surface area contributed by atoms with Gasteiger partial charge >= 0.3 is 0 Å². The smallest absolute Gasteiger partial charge is 0.251 e. The second-order valence-electron chi connectivity index (χ2n) is 5.29. The maximum atomic E-state index is 12.0. The molecule has 2 heterocycles. The Morgan fingerprint density at radius 2 is 2.20 bits per heavy atom. The molecule has 0 bridgehead atoms. The van der Waals surface area contributed by atoms with E-state index in [2.05, 4.69) is 20.2 Å². The summed E-state index contributed by atoms with van der Waals surface area (Å²) in [5, 5.41) is 2.98. The molecule has 2 N–H and O–H groups in total. The number of benzene rings is 1. The minimum absolute atomic E-state index is 0.0112. The van der Waals surface area contributed by atoms with E-state index in [0.717, 1.165) is 30.5 Å². The van der Waals surface area contributed by atoms with Gasteiger partial charge in [-0.1, -0.05) is 0 Å². The van der Waals surface area contributed by atoms with Gasteiger partial charge in [0.05, 0.1) is 17.4 Å². The average molecular weight is 272 g/mol. The zero-order chi connectivity index (χ0) is 13.8. The third-order valence-electron chi connectivity index (χ3n) is 3.82. The minimum atomic E-state index is -0.0112. The molecule has 5 nitrogen and oxygen atoms in total. The number of hydrogen-bond acceptors (Lipinski definition) is 3. The highest BCUT2D eigenvalue weighted by atomic mass is 16.1. The van der Waals surface area contributed by atoms with Gasteiger partial charge in [-0.25, -0.2) is 4.98 Å². The third kappa shape index (κ3) is 2.99. The van der Waals surface area contributed by atoms with Gasteiger partial charge in [0.1, 0.15) is 0 Å². The first-order chi connectivity index (χ1) is 9.83. The molecule has 1 aliphatic heterocycles. The predicted octanol–water partition coefficient (Wildman–Crippen LogP) is 1.78. The van der Waals surface area contributed by atoms with Crippen molar-refractivity contribution in [1.29, 1.82) is 0 Å². The van der Waals surface area contributed by atoms with E-state index in [1.54, 1.807) is 6.33 Å². The van der Waals surface area contributed by atoms with Crippen LogP contribution in [0.25, 0.3) is 11.0 Å². The first-order valence-corrected chi connectivity index (χ1v) is 7.26. The molecule has 106 valence electrons. The number of carbonyl (C=O) groups excluding carboxylic acids is 1. The van der Waals surface area contributed by atoms with Gasteiger partial charge in [-0.05, 0) is 57.1 Å². The van der Waals surface area contributed by atoms with Gasteiger partial charge in [-0.3, -0.25) is 4.79 Å². The van der Waals surface area contributed by atoms with Crippen molar-refractivity contribution in [3.05, 3.63) is 30.1 Å². The van der Waals surface area contributed by atoms with Crippen LogP contribution in [0.2, 0.25) is 0 Å². The number of nitrogens with one attached hydrogen (secondary N) is 2. The molecule has 1 saturated heterocycles. The Morgan fingerprint density at radius 1 is 1.35 bits per heavy atom. The Labute approximate surface area is 118 Å². The number of aromatic nitrogens is 2. The van der Waals surface area contributed by atoms with Crippen LogP contribution in [0.5, 0.6) is 0 Å². The van der Waals surface area contributed by atoms with Crippen LogP contribution in [0.3, 0.4) is 0 Å². The Bertz CT molecular complexity index is 586. The van der Waals surface area contributed by atoms with Crippen LogP contribution in [0.15, 0.2) is 24.5 Å². The molecule has 1 aromatic carbocycles. The van der Waals surface area contributed by atoms with Gasteiger partial charge in [-0.2, -0.15) is 0 Å². The van der Waals surface area contributed by atoms with E-state index < -0.39 is 0 Å². The summed E-state index contributed by atoms with van der Waals surface area (Å²) in [6.45, 7) is 4.24. The van der Waals surface area contributed by atoms with Gasteiger partial charge < -0.3 is 15.2 Å². The molecular formula is C15H20N4O. The third-order valence-corrected chi connectivity index (χ3v) is 3.82. The molecular weight excluding hydrogens is 252 g/mol. The fourth-order valence-electron chi connectivity index (χ4n) is 2.69. The molecule has 0 spiro atoms. The molecule has 0 saturated carbocycles. The summed E-state index contributed by atoms with van der Waals surface area (Å²) < 4.78 is 0. The summed E-state index contributed by atoms with van der Waals surface area (Å²) in [6, 6.07) is 5.53. The molecule has 5 heteroatoms. The summed E-state index contributed by atoms with van der Waals surface area (Å²) in [5.74, 6) is -0.0112. The highest BCUT2D eigenvalue weighted by molar-refractivity contribution is 5.97. The molecule has 1 fully saturated rings. The Hall–Kier alpha value is -1.88. The summed E-state index contributed by atoms with van der Waals surface area (Å²) in [5.41, 5.74) is 2.47. The van der Waals surface area contributed by atoms with E-state index in [9.17, 15) is 4.79 Å². The van der Waals surface area contributed by atoms with Crippen molar-refractivity contribution in [2.75, 3.05) is 26.2 Å². The standard InChI is InChI=1S/C15H20N4O/c20-15(16-6-3-9-19-7-1-2-8-19)12-4-5-13-14(10-12)18-11-17-13/h4-5,10-11H,1-3,6-9H2,(H,16,20)(H,17,18). The van der Waals surface area contributed by atoms with Crippen molar-refractivity contribution < 1.29 is 4.79 Å². The van der Waals surface area contributed by atoms with Gasteiger partial charge in [0.15, 0.2) is 0 Å². The number of nitrogens with zero attached hydrogens (tertiary/aromatic N) is 2. The van der Waals surface area contributed by atoms with Crippen molar-refractivity contribution in [1.82, 2.24) is 20.2 Å². The van der Waals surface area contributed by atoms with Crippen LogP contribution < -0.4 is 5.32 Å². The van der Waals surface area contributed by atoms with Crippen molar-refractivity contribution >= 4 is 16.9 Å². The number of amides is 1. The van der Waals surface area contributed by atoms with E-state index >= 15 is 0 Å². The van der Waals surface area contributed by atoms with Crippen molar-refractivity contribution in [3.8, 4) is 0 Å². The van der Waals surface area contributed by atoms with Gasteiger partial charge in [0.2, 0.25) is 0 Å². The number of hydrogen-bond donors (Lipinski definition) is 2. The highest BCUT2D eigenvalue weighted by Crippen LogP contribution is 2.11. The van der Waals surface area contributed by atoms with E-state index in [4.69, 9.17) is 0 Å². The van der Waals surface area contributed by atoms with Crippen LogP contribution in [-0.2, 0) is 0 Å². The van der Waals surface area contributed by atoms with Gasteiger partial charge in [0, 0.05) is 12.1 Å². The molecule has 1 aromatic heterocycles. The lowest BCUT2D eigenvalue weighted by molar-refractivity contribution is 0.0952. The minimum Gasteiger partial charge on any atom is -0.352 e. The zero-order valence-corrected chi connectivity index (χ0v) is 11.6. The van der Waals surface area contributed by atoms with E-state index in [1.165, 1.54) is 25.9 Å². The fourth-order valence-corrected chi connectivity index (χ4v) is 2.69. The average Bonchev–Trinajstić information content (AvgIpc) is 3.13. The lowest BCUT2D eigenvalue weighted by Gasteiger charge is -2.14. The summed E-state index contributed by atoms with van der Waals surface area (Å²) in [4.78, 5) is 21.7. The highest BCUT2D eigenvalue weighted by Gasteiger charge is 2.11. The molecule has 1 aliphatic rings. The van der Waals surface area contributed by atoms with Crippen LogP contribution in [0.1, 0.15) is 29.6 Å². The monoisotopic (exact) mass is 272 g/mol. The zero-order valence-electron chi connectivity index (χ0n) is 11.6. The number of likely N-dealkylation sites (tertiary alicyclic amines) is 1. The number of rotatable bonds is 5. The van der Waals surface area contributed by atoms with E-state index in [1.807, 2.05) is 18.2 Å².